The van der Waals surface area contributed by atoms with Crippen molar-refractivity contribution >= 4 is 5.91 Å². The van der Waals surface area contributed by atoms with Crippen LogP contribution in [-0.2, 0) is 17.8 Å². The van der Waals surface area contributed by atoms with E-state index in [0.29, 0.717) is 12.5 Å². The molecule has 0 spiro atoms. The van der Waals surface area contributed by atoms with Gasteiger partial charge in [-0.2, -0.15) is 0 Å². The van der Waals surface area contributed by atoms with Gasteiger partial charge in [0.15, 0.2) is 0 Å². The molecule has 0 radical (unpaired) electrons. The van der Waals surface area contributed by atoms with Crippen LogP contribution in [0.2, 0.25) is 0 Å². The second-order valence-corrected chi connectivity index (χ2v) is 6.44. The van der Waals surface area contributed by atoms with E-state index in [1.807, 2.05) is 35.7 Å². The van der Waals surface area contributed by atoms with Crippen LogP contribution in [0.4, 0.5) is 0 Å². The predicted octanol–water partition coefficient (Wildman–Crippen LogP) is 2.38. The molecular weight excluding hydrogens is 288 g/mol. The third-order valence-electron chi connectivity index (χ3n) is 4.68. The first kappa shape index (κ1) is 15.7. The molecule has 23 heavy (non-hydrogen) atoms. The zero-order valence-corrected chi connectivity index (χ0v) is 13.9. The summed E-state index contributed by atoms with van der Waals surface area (Å²) in [5, 5.41) is 0. The third kappa shape index (κ3) is 3.97. The smallest absolute Gasteiger partial charge is 0.242 e. The summed E-state index contributed by atoms with van der Waals surface area (Å²) in [6.07, 6.45) is 8.74. The monoisotopic (exact) mass is 312 g/mol. The fourth-order valence-corrected chi connectivity index (χ4v) is 3.27. The van der Waals surface area contributed by atoms with E-state index >= 15 is 0 Å². The summed E-state index contributed by atoms with van der Waals surface area (Å²) in [5.74, 6) is 1.75. The highest BCUT2D eigenvalue weighted by Gasteiger charge is 2.23. The maximum Gasteiger partial charge on any atom is 0.242 e. The molecule has 2 aromatic rings. The van der Waals surface area contributed by atoms with Crippen molar-refractivity contribution in [3.63, 3.8) is 0 Å². The normalized spacial score (nSPS) is 15.8. The number of aryl methyl sites for hydroxylation is 2. The quantitative estimate of drug-likeness (QED) is 0.871. The van der Waals surface area contributed by atoms with Crippen molar-refractivity contribution in [1.29, 1.82) is 0 Å². The predicted molar refractivity (Wildman–Crippen MR) is 88.9 cm³/mol. The molecule has 1 aliphatic heterocycles. The number of carbonyl (C=O) groups excluding carboxylic acids is 1. The molecule has 0 aromatic carbocycles. The van der Waals surface area contributed by atoms with Crippen LogP contribution < -0.4 is 0 Å². The summed E-state index contributed by atoms with van der Waals surface area (Å²) in [6.45, 7) is 6.09. The SMILES string of the molecule is Cc1cc(CC2CCN(C(=O)Cn3ccnc3C)CC2)ccn1. The van der Waals surface area contributed by atoms with Crippen LogP contribution in [0.3, 0.4) is 0 Å². The molecule has 5 heteroatoms. The Morgan fingerprint density at radius 3 is 2.65 bits per heavy atom. The molecule has 3 heterocycles. The van der Waals surface area contributed by atoms with E-state index in [-0.39, 0.29) is 5.91 Å². The Hall–Kier alpha value is -2.17. The number of imidazole rings is 1. The minimum absolute atomic E-state index is 0.198. The molecule has 0 saturated carbocycles. The molecule has 0 atom stereocenters. The molecule has 122 valence electrons. The lowest BCUT2D eigenvalue weighted by atomic mass is 9.90. The molecule has 0 N–H and O–H groups in total. The van der Waals surface area contributed by atoms with Gasteiger partial charge in [0.1, 0.15) is 12.4 Å². The lowest BCUT2D eigenvalue weighted by Crippen LogP contribution is -2.40. The zero-order chi connectivity index (χ0) is 16.2. The third-order valence-corrected chi connectivity index (χ3v) is 4.68. The average molecular weight is 312 g/mol. The van der Waals surface area contributed by atoms with Gasteiger partial charge in [-0.05, 0) is 56.7 Å². The summed E-state index contributed by atoms with van der Waals surface area (Å²) in [5.41, 5.74) is 2.43. The zero-order valence-electron chi connectivity index (χ0n) is 13.9. The van der Waals surface area contributed by atoms with Crippen molar-refractivity contribution in [2.45, 2.75) is 39.7 Å². The van der Waals surface area contributed by atoms with Crippen LogP contribution in [0.25, 0.3) is 0 Å². The van der Waals surface area contributed by atoms with Gasteiger partial charge in [0.25, 0.3) is 0 Å². The number of nitrogens with zero attached hydrogens (tertiary/aromatic N) is 4. The van der Waals surface area contributed by atoms with Gasteiger partial charge in [-0.15, -0.1) is 0 Å². The molecule has 1 fully saturated rings. The Morgan fingerprint density at radius 2 is 2.00 bits per heavy atom. The summed E-state index contributed by atoms with van der Waals surface area (Å²) in [7, 11) is 0. The first-order valence-electron chi connectivity index (χ1n) is 8.29. The van der Waals surface area contributed by atoms with Gasteiger partial charge in [-0.25, -0.2) is 4.98 Å². The molecular formula is C18H24N4O. The minimum Gasteiger partial charge on any atom is -0.341 e. The van der Waals surface area contributed by atoms with E-state index in [2.05, 4.69) is 22.1 Å². The van der Waals surface area contributed by atoms with Crippen molar-refractivity contribution in [2.75, 3.05) is 13.1 Å². The van der Waals surface area contributed by atoms with Crippen LogP contribution in [0.1, 0.15) is 29.9 Å². The molecule has 2 aromatic heterocycles. The van der Waals surface area contributed by atoms with Crippen molar-refractivity contribution in [3.05, 3.63) is 47.8 Å². The highest BCUT2D eigenvalue weighted by atomic mass is 16.2. The van der Waals surface area contributed by atoms with E-state index in [0.717, 1.165) is 43.9 Å². The van der Waals surface area contributed by atoms with Crippen LogP contribution in [0.5, 0.6) is 0 Å². The number of hydrogen-bond acceptors (Lipinski definition) is 3. The maximum atomic E-state index is 12.4. The lowest BCUT2D eigenvalue weighted by Gasteiger charge is -2.32. The molecule has 1 saturated heterocycles. The number of pyridine rings is 1. The Labute approximate surface area is 137 Å². The molecule has 1 amide bonds. The van der Waals surface area contributed by atoms with Crippen LogP contribution >= 0.6 is 0 Å². The van der Waals surface area contributed by atoms with Crippen molar-refractivity contribution in [1.82, 2.24) is 19.4 Å². The lowest BCUT2D eigenvalue weighted by molar-refractivity contribution is -0.133. The van der Waals surface area contributed by atoms with Crippen LogP contribution in [-0.4, -0.2) is 38.4 Å². The van der Waals surface area contributed by atoms with Gasteiger partial charge in [0, 0.05) is 37.4 Å². The summed E-state index contributed by atoms with van der Waals surface area (Å²) in [6, 6.07) is 4.27. The summed E-state index contributed by atoms with van der Waals surface area (Å²) in [4.78, 5) is 22.8. The molecule has 5 nitrogen and oxygen atoms in total. The number of amides is 1. The van der Waals surface area contributed by atoms with E-state index in [1.54, 1.807) is 6.20 Å². The van der Waals surface area contributed by atoms with E-state index in [1.165, 1.54) is 5.56 Å². The fraction of sp³-hybridized carbons (Fsp3) is 0.500. The average Bonchev–Trinajstić information content (AvgIpc) is 2.93. The van der Waals surface area contributed by atoms with E-state index < -0.39 is 0 Å². The molecule has 0 bridgehead atoms. The van der Waals surface area contributed by atoms with Gasteiger partial charge in [0.05, 0.1) is 0 Å². The fourth-order valence-electron chi connectivity index (χ4n) is 3.27. The first-order chi connectivity index (χ1) is 11.1. The molecule has 3 rings (SSSR count). The van der Waals surface area contributed by atoms with Crippen molar-refractivity contribution in [3.8, 4) is 0 Å². The Morgan fingerprint density at radius 1 is 1.22 bits per heavy atom. The van der Waals surface area contributed by atoms with Crippen molar-refractivity contribution < 1.29 is 4.79 Å². The molecule has 0 aliphatic carbocycles. The minimum atomic E-state index is 0.198. The summed E-state index contributed by atoms with van der Waals surface area (Å²) < 4.78 is 1.91. The number of rotatable bonds is 4. The molecule has 0 unspecified atom stereocenters. The highest BCUT2D eigenvalue weighted by Crippen LogP contribution is 2.22. The Kier molecular flexibility index (Phi) is 4.74. The summed E-state index contributed by atoms with van der Waals surface area (Å²) >= 11 is 0. The number of carbonyl (C=O) groups is 1. The van der Waals surface area contributed by atoms with Crippen LogP contribution in [0, 0.1) is 19.8 Å². The number of likely N-dealkylation sites (tertiary alicyclic amines) is 1. The van der Waals surface area contributed by atoms with Gasteiger partial charge < -0.3 is 9.47 Å². The first-order valence-corrected chi connectivity index (χ1v) is 8.29. The number of hydrogen-bond donors (Lipinski definition) is 0. The standard InChI is InChI=1S/C18H24N4O/c1-14-11-17(3-6-19-14)12-16-4-8-21(9-5-16)18(23)13-22-10-7-20-15(22)2/h3,6-7,10-11,16H,4-5,8-9,12-13H2,1-2H3. The van der Waals surface area contributed by atoms with Crippen molar-refractivity contribution in [2.24, 2.45) is 5.92 Å². The Balaban J connectivity index is 1.50. The van der Waals surface area contributed by atoms with Gasteiger partial charge in [-0.3, -0.25) is 9.78 Å². The van der Waals surface area contributed by atoms with Gasteiger partial charge in [-0.1, -0.05) is 0 Å². The van der Waals surface area contributed by atoms with Crippen LogP contribution in [0.15, 0.2) is 30.7 Å². The van der Waals surface area contributed by atoms with Gasteiger partial charge in [0.2, 0.25) is 5.91 Å². The topological polar surface area (TPSA) is 51.0 Å². The number of aromatic nitrogens is 3. The van der Waals surface area contributed by atoms with Gasteiger partial charge >= 0.3 is 0 Å². The second-order valence-electron chi connectivity index (χ2n) is 6.44. The molecule has 1 aliphatic rings. The second kappa shape index (κ2) is 6.94. The Bertz CT molecular complexity index is 671. The largest absolute Gasteiger partial charge is 0.341 e. The maximum absolute atomic E-state index is 12.4. The highest BCUT2D eigenvalue weighted by molar-refractivity contribution is 5.76. The van der Waals surface area contributed by atoms with E-state index in [4.69, 9.17) is 0 Å². The number of piperidine rings is 1. The van der Waals surface area contributed by atoms with E-state index in [9.17, 15) is 4.79 Å².